The lowest BCUT2D eigenvalue weighted by Gasteiger charge is -2.36. The second kappa shape index (κ2) is 8.10. The van der Waals surface area contributed by atoms with Crippen molar-refractivity contribution < 1.29 is 13.9 Å². The van der Waals surface area contributed by atoms with Crippen LogP contribution in [0.2, 0.25) is 0 Å². The normalized spacial score (nSPS) is 17.7. The van der Waals surface area contributed by atoms with Crippen LogP contribution in [-0.2, 0) is 4.74 Å². The Balaban J connectivity index is 1.44. The van der Waals surface area contributed by atoms with Gasteiger partial charge in [-0.15, -0.1) is 0 Å². The first-order valence-electron chi connectivity index (χ1n) is 9.59. The van der Waals surface area contributed by atoms with E-state index in [0.29, 0.717) is 39.4 Å². The first-order chi connectivity index (χ1) is 13.6. The Kier molecular flexibility index (Phi) is 5.38. The van der Waals surface area contributed by atoms with Gasteiger partial charge in [-0.05, 0) is 19.1 Å². The van der Waals surface area contributed by atoms with Crippen LogP contribution in [0.15, 0.2) is 30.3 Å². The van der Waals surface area contributed by atoms with Gasteiger partial charge >= 0.3 is 0 Å². The second-order valence-electron chi connectivity index (χ2n) is 6.99. The van der Waals surface area contributed by atoms with Crippen molar-refractivity contribution in [3.63, 3.8) is 0 Å². The summed E-state index contributed by atoms with van der Waals surface area (Å²) in [7, 11) is 0. The largest absolute Gasteiger partial charge is 0.378 e. The van der Waals surface area contributed by atoms with E-state index in [1.807, 2.05) is 13.0 Å². The monoisotopic (exact) mass is 385 g/mol. The van der Waals surface area contributed by atoms with E-state index in [1.165, 1.54) is 12.1 Å². The van der Waals surface area contributed by atoms with Crippen molar-refractivity contribution in [3.8, 4) is 0 Å². The van der Waals surface area contributed by atoms with E-state index in [9.17, 15) is 9.18 Å². The van der Waals surface area contributed by atoms with Crippen molar-refractivity contribution in [1.29, 1.82) is 0 Å². The molecule has 28 heavy (non-hydrogen) atoms. The summed E-state index contributed by atoms with van der Waals surface area (Å²) in [5, 5.41) is 0. The van der Waals surface area contributed by atoms with Crippen LogP contribution < -0.4 is 9.80 Å². The highest BCUT2D eigenvalue weighted by Crippen LogP contribution is 2.22. The molecule has 148 valence electrons. The Hall–Kier alpha value is -2.74. The number of halogens is 1. The summed E-state index contributed by atoms with van der Waals surface area (Å²) in [6, 6.07) is 8.14. The van der Waals surface area contributed by atoms with E-state index in [2.05, 4.69) is 19.8 Å². The number of ether oxygens (including phenoxy) is 1. The topological polar surface area (TPSA) is 61.8 Å². The Morgan fingerprint density at radius 3 is 2.21 bits per heavy atom. The van der Waals surface area contributed by atoms with Crippen molar-refractivity contribution in [2.75, 3.05) is 62.3 Å². The molecule has 0 bridgehead atoms. The van der Waals surface area contributed by atoms with Crippen LogP contribution in [0.25, 0.3) is 0 Å². The molecule has 0 radical (unpaired) electrons. The van der Waals surface area contributed by atoms with Gasteiger partial charge < -0.3 is 19.4 Å². The molecular weight excluding hydrogens is 361 g/mol. The minimum Gasteiger partial charge on any atom is -0.378 e. The summed E-state index contributed by atoms with van der Waals surface area (Å²) in [5.41, 5.74) is 0.128. The van der Waals surface area contributed by atoms with Gasteiger partial charge in [0.05, 0.1) is 18.8 Å². The molecule has 3 heterocycles. The number of nitrogens with zero attached hydrogens (tertiary/aromatic N) is 5. The van der Waals surface area contributed by atoms with Gasteiger partial charge in [0.25, 0.3) is 5.91 Å². The number of rotatable bonds is 3. The fourth-order valence-electron chi connectivity index (χ4n) is 3.60. The van der Waals surface area contributed by atoms with Crippen LogP contribution >= 0.6 is 0 Å². The Bertz CT molecular complexity index is 848. The molecule has 0 unspecified atom stereocenters. The van der Waals surface area contributed by atoms with Crippen LogP contribution in [0.1, 0.15) is 16.2 Å². The van der Waals surface area contributed by atoms with Gasteiger partial charge in [-0.3, -0.25) is 4.79 Å². The van der Waals surface area contributed by atoms with Crippen molar-refractivity contribution >= 4 is 17.5 Å². The highest BCUT2D eigenvalue weighted by molar-refractivity contribution is 5.94. The lowest BCUT2D eigenvalue weighted by atomic mass is 10.1. The molecule has 0 N–H and O–H groups in total. The lowest BCUT2D eigenvalue weighted by molar-refractivity contribution is 0.0742. The zero-order chi connectivity index (χ0) is 19.5. The summed E-state index contributed by atoms with van der Waals surface area (Å²) < 4.78 is 19.3. The fourth-order valence-corrected chi connectivity index (χ4v) is 3.60. The van der Waals surface area contributed by atoms with Crippen molar-refractivity contribution in [2.24, 2.45) is 0 Å². The zero-order valence-electron chi connectivity index (χ0n) is 16.0. The van der Waals surface area contributed by atoms with Gasteiger partial charge in [-0.25, -0.2) is 14.4 Å². The minimum atomic E-state index is -0.475. The number of hydrogen-bond acceptors (Lipinski definition) is 6. The maximum absolute atomic E-state index is 13.9. The van der Waals surface area contributed by atoms with E-state index in [-0.39, 0.29) is 11.5 Å². The van der Waals surface area contributed by atoms with Crippen LogP contribution in [0.3, 0.4) is 0 Å². The predicted octanol–water partition coefficient (Wildman–Crippen LogP) is 1.72. The average molecular weight is 385 g/mol. The molecule has 0 saturated carbocycles. The van der Waals surface area contributed by atoms with E-state index in [1.54, 1.807) is 17.0 Å². The first-order valence-corrected chi connectivity index (χ1v) is 9.59. The van der Waals surface area contributed by atoms with Gasteiger partial charge in [-0.1, -0.05) is 12.1 Å². The number of carbonyl (C=O) groups is 1. The number of piperazine rings is 1. The van der Waals surface area contributed by atoms with Crippen LogP contribution in [-0.4, -0.2) is 73.3 Å². The molecule has 2 saturated heterocycles. The Morgan fingerprint density at radius 1 is 0.964 bits per heavy atom. The number of aromatic nitrogens is 2. The molecule has 2 fully saturated rings. The first kappa shape index (κ1) is 18.6. The molecule has 2 aliphatic heterocycles. The molecule has 2 aromatic rings. The number of carbonyl (C=O) groups excluding carboxylic acids is 1. The Labute approximate surface area is 163 Å². The summed E-state index contributed by atoms with van der Waals surface area (Å²) in [4.78, 5) is 27.8. The van der Waals surface area contributed by atoms with Crippen LogP contribution in [0.4, 0.5) is 16.0 Å². The molecule has 1 aromatic carbocycles. The van der Waals surface area contributed by atoms with E-state index >= 15 is 0 Å². The van der Waals surface area contributed by atoms with Gasteiger partial charge in [0.1, 0.15) is 23.3 Å². The van der Waals surface area contributed by atoms with E-state index in [4.69, 9.17) is 4.74 Å². The van der Waals surface area contributed by atoms with Gasteiger partial charge in [0.15, 0.2) is 0 Å². The average Bonchev–Trinajstić information content (AvgIpc) is 2.74. The quantitative estimate of drug-likeness (QED) is 0.802. The summed E-state index contributed by atoms with van der Waals surface area (Å²) in [6.07, 6.45) is 0. The molecule has 2 aliphatic rings. The maximum atomic E-state index is 13.9. The number of aryl methyl sites for hydroxylation is 1. The molecule has 8 heteroatoms. The molecule has 4 rings (SSSR count). The standard InChI is InChI=1S/C20H24FN5O2/c1-15-22-18(14-19(23-15)25-10-12-28-13-11-25)24-6-8-26(9-7-24)20(27)16-4-2-3-5-17(16)21/h2-5,14H,6-13H2,1H3. The predicted molar refractivity (Wildman–Crippen MR) is 104 cm³/mol. The number of anilines is 2. The van der Waals surface area contributed by atoms with Gasteiger partial charge in [-0.2, -0.15) is 0 Å². The number of benzene rings is 1. The SMILES string of the molecule is Cc1nc(N2CCOCC2)cc(N2CCN(C(=O)c3ccccc3F)CC2)n1. The summed E-state index contributed by atoms with van der Waals surface area (Å²) >= 11 is 0. The zero-order valence-corrected chi connectivity index (χ0v) is 16.0. The smallest absolute Gasteiger partial charge is 0.256 e. The van der Waals surface area contributed by atoms with Gasteiger partial charge in [0.2, 0.25) is 0 Å². The molecule has 1 aromatic heterocycles. The van der Waals surface area contributed by atoms with Crippen molar-refractivity contribution in [2.45, 2.75) is 6.92 Å². The minimum absolute atomic E-state index is 0.128. The third-order valence-corrected chi connectivity index (χ3v) is 5.14. The third-order valence-electron chi connectivity index (χ3n) is 5.14. The highest BCUT2D eigenvalue weighted by Gasteiger charge is 2.25. The van der Waals surface area contributed by atoms with Crippen molar-refractivity contribution in [3.05, 3.63) is 47.5 Å². The van der Waals surface area contributed by atoms with E-state index in [0.717, 1.165) is 30.5 Å². The number of hydrogen-bond donors (Lipinski definition) is 0. The molecule has 0 atom stereocenters. The third kappa shape index (κ3) is 3.91. The molecule has 1 amide bonds. The molecule has 0 spiro atoms. The number of amides is 1. The van der Waals surface area contributed by atoms with Crippen LogP contribution in [0.5, 0.6) is 0 Å². The highest BCUT2D eigenvalue weighted by atomic mass is 19.1. The maximum Gasteiger partial charge on any atom is 0.256 e. The van der Waals surface area contributed by atoms with Crippen LogP contribution in [0, 0.1) is 12.7 Å². The van der Waals surface area contributed by atoms with E-state index < -0.39 is 5.82 Å². The molecule has 0 aliphatic carbocycles. The van der Waals surface area contributed by atoms with Crippen molar-refractivity contribution in [1.82, 2.24) is 14.9 Å². The number of morpholine rings is 1. The summed E-state index contributed by atoms with van der Waals surface area (Å²) in [5.74, 6) is 1.77. The van der Waals surface area contributed by atoms with Gasteiger partial charge in [0, 0.05) is 45.3 Å². The fraction of sp³-hybridized carbons (Fsp3) is 0.450. The summed E-state index contributed by atoms with van der Waals surface area (Å²) in [6.45, 7) is 7.31. The second-order valence-corrected chi connectivity index (χ2v) is 6.99. The molecular formula is C20H24FN5O2. The lowest BCUT2D eigenvalue weighted by Crippen LogP contribution is -2.49. The molecule has 7 nitrogen and oxygen atoms in total. The Morgan fingerprint density at radius 2 is 1.57 bits per heavy atom.